The summed E-state index contributed by atoms with van der Waals surface area (Å²) >= 11 is 1.14. The summed E-state index contributed by atoms with van der Waals surface area (Å²) in [5, 5.41) is 13.2. The van der Waals surface area contributed by atoms with E-state index >= 15 is 0 Å². The minimum atomic E-state index is -0.954. The molecule has 2 N–H and O–H groups in total. The lowest BCUT2D eigenvalue weighted by atomic mass is 10.4. The largest absolute Gasteiger partial charge is 0.477 e. The van der Waals surface area contributed by atoms with Crippen LogP contribution in [0.3, 0.4) is 0 Å². The Hall–Kier alpha value is -1.60. The third-order valence-electron chi connectivity index (χ3n) is 2.25. The van der Waals surface area contributed by atoms with Crippen LogP contribution >= 0.6 is 11.3 Å². The Morgan fingerprint density at radius 1 is 1.56 bits per heavy atom. The Balaban J connectivity index is 2.46. The number of carboxylic acid groups (broad SMARTS) is 1. The fourth-order valence-electron chi connectivity index (χ4n) is 1.29. The molecule has 1 aromatic heterocycles. The lowest BCUT2D eigenvalue weighted by Gasteiger charge is -2.16. The fraction of sp³-hybridized carbons (Fsp3) is 0.455. The average Bonchev–Trinajstić information content (AvgIpc) is 2.78. The molecule has 1 aromatic rings. The number of carboxylic acids is 1. The van der Waals surface area contributed by atoms with Gasteiger partial charge in [0, 0.05) is 31.8 Å². The molecule has 18 heavy (non-hydrogen) atoms. The lowest BCUT2D eigenvalue weighted by Crippen LogP contribution is -2.36. The number of anilines is 1. The van der Waals surface area contributed by atoms with E-state index in [9.17, 15) is 9.59 Å². The number of likely N-dealkylation sites (N-methyl/N-ethyl adjacent to an activating group) is 1. The summed E-state index contributed by atoms with van der Waals surface area (Å²) in [4.78, 5) is 24.2. The van der Waals surface area contributed by atoms with Crippen molar-refractivity contribution >= 4 is 28.9 Å². The van der Waals surface area contributed by atoms with Crippen LogP contribution in [-0.4, -0.2) is 50.8 Å². The molecule has 1 rings (SSSR count). The van der Waals surface area contributed by atoms with Crippen molar-refractivity contribution in [3.05, 3.63) is 16.3 Å². The van der Waals surface area contributed by atoms with Crippen molar-refractivity contribution in [3.8, 4) is 0 Å². The molecule has 0 aromatic carbocycles. The number of rotatable bonds is 7. The molecular formula is C11H16N2O4S. The molecule has 0 fully saturated rings. The first-order valence-corrected chi connectivity index (χ1v) is 6.21. The maximum Gasteiger partial charge on any atom is 0.345 e. The van der Waals surface area contributed by atoms with Gasteiger partial charge in [0.2, 0.25) is 5.91 Å². The molecule has 1 heterocycles. The Labute approximate surface area is 109 Å². The van der Waals surface area contributed by atoms with E-state index in [1.54, 1.807) is 30.5 Å². The van der Waals surface area contributed by atoms with Gasteiger partial charge in [0.1, 0.15) is 4.88 Å². The topological polar surface area (TPSA) is 78.9 Å². The van der Waals surface area contributed by atoms with Gasteiger partial charge >= 0.3 is 5.97 Å². The summed E-state index contributed by atoms with van der Waals surface area (Å²) < 4.78 is 4.82. The normalized spacial score (nSPS) is 10.1. The molecular weight excluding hydrogens is 256 g/mol. The summed E-state index contributed by atoms with van der Waals surface area (Å²) in [6, 6.07) is 1.55. The fourth-order valence-corrected chi connectivity index (χ4v) is 2.08. The van der Waals surface area contributed by atoms with E-state index in [0.29, 0.717) is 13.2 Å². The van der Waals surface area contributed by atoms with Gasteiger partial charge in [-0.2, -0.15) is 0 Å². The molecule has 0 unspecified atom stereocenters. The van der Waals surface area contributed by atoms with Crippen molar-refractivity contribution in [2.75, 3.05) is 38.8 Å². The van der Waals surface area contributed by atoms with Crippen molar-refractivity contribution in [2.24, 2.45) is 0 Å². The van der Waals surface area contributed by atoms with E-state index < -0.39 is 5.97 Å². The summed E-state index contributed by atoms with van der Waals surface area (Å²) in [5.41, 5.74) is 0.722. The van der Waals surface area contributed by atoms with Crippen LogP contribution in [0.1, 0.15) is 9.67 Å². The van der Waals surface area contributed by atoms with Crippen LogP contribution in [0.5, 0.6) is 0 Å². The van der Waals surface area contributed by atoms with Crippen molar-refractivity contribution in [1.82, 2.24) is 5.32 Å². The van der Waals surface area contributed by atoms with Crippen LogP contribution in [0.4, 0.5) is 5.69 Å². The SMILES string of the molecule is COCCNC(=O)CN(C)c1csc(C(=O)O)c1. The highest BCUT2D eigenvalue weighted by Gasteiger charge is 2.12. The van der Waals surface area contributed by atoms with Gasteiger partial charge in [-0.1, -0.05) is 0 Å². The highest BCUT2D eigenvalue weighted by Crippen LogP contribution is 2.21. The molecule has 7 heteroatoms. The van der Waals surface area contributed by atoms with Crippen molar-refractivity contribution < 1.29 is 19.4 Å². The summed E-state index contributed by atoms with van der Waals surface area (Å²) in [6.45, 7) is 1.11. The van der Waals surface area contributed by atoms with Crippen LogP contribution in [0.15, 0.2) is 11.4 Å². The van der Waals surface area contributed by atoms with Crippen molar-refractivity contribution in [1.29, 1.82) is 0 Å². The van der Waals surface area contributed by atoms with Gasteiger partial charge in [-0.25, -0.2) is 4.79 Å². The van der Waals surface area contributed by atoms with Gasteiger partial charge in [-0.05, 0) is 6.07 Å². The average molecular weight is 272 g/mol. The standard InChI is InChI=1S/C11H16N2O4S/c1-13(6-10(14)12-3-4-17-2)8-5-9(11(15)16)18-7-8/h5,7H,3-4,6H2,1-2H3,(H,12,14)(H,15,16). The molecule has 0 aliphatic heterocycles. The predicted octanol–water partition coefficient (Wildman–Crippen LogP) is 0.645. The van der Waals surface area contributed by atoms with E-state index in [4.69, 9.17) is 9.84 Å². The number of aromatic carboxylic acids is 1. The summed E-state index contributed by atoms with van der Waals surface area (Å²) in [5.74, 6) is -1.08. The molecule has 0 saturated heterocycles. The zero-order valence-corrected chi connectivity index (χ0v) is 11.1. The van der Waals surface area contributed by atoms with E-state index in [1.165, 1.54) is 0 Å². The molecule has 0 bridgehead atoms. The second-order valence-corrected chi connectivity index (χ2v) is 4.58. The Bertz CT molecular complexity index is 419. The van der Waals surface area contributed by atoms with Crippen LogP contribution in [-0.2, 0) is 9.53 Å². The first-order chi connectivity index (χ1) is 8.54. The number of carbonyl (C=O) groups is 2. The number of methoxy groups -OCH3 is 1. The molecule has 0 aliphatic carbocycles. The summed E-state index contributed by atoms with van der Waals surface area (Å²) in [6.07, 6.45) is 0. The van der Waals surface area contributed by atoms with Gasteiger partial charge in [-0.3, -0.25) is 4.79 Å². The molecule has 0 saturated carbocycles. The van der Waals surface area contributed by atoms with Gasteiger partial charge in [-0.15, -0.1) is 11.3 Å². The Morgan fingerprint density at radius 3 is 2.83 bits per heavy atom. The van der Waals surface area contributed by atoms with E-state index in [2.05, 4.69) is 5.32 Å². The monoisotopic (exact) mass is 272 g/mol. The van der Waals surface area contributed by atoms with Crippen LogP contribution in [0.2, 0.25) is 0 Å². The zero-order chi connectivity index (χ0) is 13.5. The van der Waals surface area contributed by atoms with Crippen LogP contribution in [0, 0.1) is 0 Å². The van der Waals surface area contributed by atoms with E-state index in [0.717, 1.165) is 17.0 Å². The molecule has 0 radical (unpaired) electrons. The maximum absolute atomic E-state index is 11.5. The quantitative estimate of drug-likeness (QED) is 0.712. The molecule has 0 aliphatic rings. The third kappa shape index (κ3) is 4.34. The minimum Gasteiger partial charge on any atom is -0.477 e. The van der Waals surface area contributed by atoms with Gasteiger partial charge in [0.15, 0.2) is 0 Å². The number of nitrogens with zero attached hydrogens (tertiary/aromatic N) is 1. The number of carbonyl (C=O) groups excluding carboxylic acids is 1. The van der Waals surface area contributed by atoms with Crippen molar-refractivity contribution in [2.45, 2.75) is 0 Å². The zero-order valence-electron chi connectivity index (χ0n) is 10.3. The van der Waals surface area contributed by atoms with E-state index in [1.807, 2.05) is 0 Å². The first-order valence-electron chi connectivity index (χ1n) is 5.33. The number of ether oxygens (including phenoxy) is 1. The number of nitrogens with one attached hydrogen (secondary N) is 1. The summed E-state index contributed by atoms with van der Waals surface area (Å²) in [7, 11) is 3.31. The molecule has 1 amide bonds. The first kappa shape index (κ1) is 14.5. The smallest absolute Gasteiger partial charge is 0.345 e. The van der Waals surface area contributed by atoms with Crippen molar-refractivity contribution in [3.63, 3.8) is 0 Å². The highest BCUT2D eigenvalue weighted by atomic mass is 32.1. The Kier molecular flexibility index (Phi) is 5.60. The van der Waals surface area contributed by atoms with E-state index in [-0.39, 0.29) is 17.3 Å². The molecule has 100 valence electrons. The number of thiophene rings is 1. The molecule has 0 spiro atoms. The lowest BCUT2D eigenvalue weighted by molar-refractivity contribution is -0.119. The molecule has 0 atom stereocenters. The Morgan fingerprint density at radius 2 is 2.28 bits per heavy atom. The number of hydrogen-bond acceptors (Lipinski definition) is 5. The second-order valence-electron chi connectivity index (χ2n) is 3.67. The predicted molar refractivity (Wildman–Crippen MR) is 69.4 cm³/mol. The second kappa shape index (κ2) is 6.97. The highest BCUT2D eigenvalue weighted by molar-refractivity contribution is 7.12. The maximum atomic E-state index is 11.5. The van der Waals surface area contributed by atoms with Gasteiger partial charge in [0.25, 0.3) is 0 Å². The minimum absolute atomic E-state index is 0.127. The number of hydrogen-bond donors (Lipinski definition) is 2. The van der Waals surface area contributed by atoms with Gasteiger partial charge in [0.05, 0.1) is 13.2 Å². The molecule has 6 nitrogen and oxygen atoms in total. The number of amides is 1. The third-order valence-corrected chi connectivity index (χ3v) is 3.15. The van der Waals surface area contributed by atoms with Gasteiger partial charge < -0.3 is 20.1 Å². The van der Waals surface area contributed by atoms with Crippen LogP contribution < -0.4 is 10.2 Å². The van der Waals surface area contributed by atoms with Crippen LogP contribution in [0.25, 0.3) is 0 Å².